The second-order valence-corrected chi connectivity index (χ2v) is 5.62. The van der Waals surface area contributed by atoms with E-state index in [0.717, 1.165) is 11.8 Å². The first-order valence-corrected chi connectivity index (χ1v) is 11.7. The van der Waals surface area contributed by atoms with E-state index in [1.54, 1.807) is 11.1 Å². The average Bonchev–Trinajstić information content (AvgIpc) is 3.18. The Bertz CT molecular complexity index is 401. The van der Waals surface area contributed by atoms with Crippen molar-refractivity contribution in [2.24, 2.45) is 11.8 Å². The van der Waals surface area contributed by atoms with Gasteiger partial charge in [0.25, 0.3) is 0 Å². The van der Waals surface area contributed by atoms with Crippen LogP contribution < -0.4 is 0 Å². The van der Waals surface area contributed by atoms with Crippen LogP contribution in [0.4, 0.5) is 0 Å². The van der Waals surface area contributed by atoms with Gasteiger partial charge in [0.15, 0.2) is 0 Å². The van der Waals surface area contributed by atoms with Crippen molar-refractivity contribution < 1.29 is 19.2 Å². The number of hydrogen-bond acceptors (Lipinski definition) is 0. The molecule has 4 aliphatic carbocycles. The molecule has 4 aliphatic rings. The van der Waals surface area contributed by atoms with E-state index in [1.165, 1.54) is 38.5 Å². The third kappa shape index (κ3) is 8.54. The van der Waals surface area contributed by atoms with Crippen LogP contribution >= 0.6 is 24.8 Å². The first kappa shape index (κ1) is 29.0. The Morgan fingerprint density at radius 3 is 1.50 bits per heavy atom. The van der Waals surface area contributed by atoms with Gasteiger partial charge in [0.05, 0.1) is 0 Å². The van der Waals surface area contributed by atoms with Gasteiger partial charge in [-0.15, -0.1) is 62.0 Å². The Labute approximate surface area is 176 Å². The number of hydrogen-bond donors (Lipinski definition) is 0. The monoisotopic (exact) mass is 418 g/mol. The number of rotatable bonds is 0. The number of halogens is 2. The molecule has 2 unspecified atom stereocenters. The quantitative estimate of drug-likeness (QED) is 0.344. The van der Waals surface area contributed by atoms with Gasteiger partial charge in [-0.2, -0.15) is 0 Å². The molecule has 4 rings (SSSR count). The summed E-state index contributed by atoms with van der Waals surface area (Å²) in [6.45, 7) is 0. The molecular weight excluding hydrogens is 387 g/mol. The van der Waals surface area contributed by atoms with E-state index in [0.29, 0.717) is 0 Å². The molecule has 0 aromatic heterocycles. The zero-order valence-corrected chi connectivity index (χ0v) is 19.6. The van der Waals surface area contributed by atoms with Crippen LogP contribution in [-0.2, 0) is 19.2 Å². The first-order valence-electron chi connectivity index (χ1n) is 7.68. The van der Waals surface area contributed by atoms with Gasteiger partial charge < -0.3 is 14.9 Å². The molecule has 2 fully saturated rings. The van der Waals surface area contributed by atoms with Gasteiger partial charge in [-0.3, -0.25) is 0 Å². The van der Waals surface area contributed by atoms with Gasteiger partial charge in [0.1, 0.15) is 0 Å². The standard InChI is InChI=1S/2C9H11.2CH3.2ClH.H2Si.Ti/c2*1-2-5-9-7-3-6-8(9)4-1;;;;;;/h2*1-2,4,6,9H,3,5,7H2;2*1H3;2*1H;1H2;/q4*-1;;;;. The van der Waals surface area contributed by atoms with Crippen LogP contribution in [0.3, 0.4) is 0 Å². The zero-order valence-electron chi connectivity index (χ0n) is 15.0. The van der Waals surface area contributed by atoms with E-state index in [2.05, 4.69) is 49.3 Å². The average molecular weight is 419 g/mol. The van der Waals surface area contributed by atoms with E-state index < -0.39 is 0 Å². The van der Waals surface area contributed by atoms with Crippen LogP contribution in [0.5, 0.6) is 0 Å². The van der Waals surface area contributed by atoms with Crippen LogP contribution in [0.1, 0.15) is 38.5 Å². The predicted molar refractivity (Wildman–Crippen MR) is 114 cm³/mol. The summed E-state index contributed by atoms with van der Waals surface area (Å²) in [5.41, 5.74) is 3.16. The van der Waals surface area contributed by atoms with Crippen molar-refractivity contribution >= 4 is 32.4 Å². The van der Waals surface area contributed by atoms with Crippen LogP contribution in [0.2, 0.25) is 0 Å². The predicted octanol–water partition coefficient (Wildman–Crippen LogP) is 5.80. The van der Waals surface area contributed by atoms with Crippen LogP contribution in [0.15, 0.2) is 47.6 Å². The molecule has 0 spiro atoms. The molecule has 0 saturated heterocycles. The Kier molecular flexibility index (Phi) is 20.1. The van der Waals surface area contributed by atoms with Gasteiger partial charge >= 0.3 is 26.8 Å². The second kappa shape index (κ2) is 16.7. The molecule has 0 aliphatic heterocycles. The molecule has 0 aromatic rings. The van der Waals surface area contributed by atoms with Crippen molar-refractivity contribution in [3.05, 3.63) is 75.3 Å². The normalized spacial score (nSPS) is 23.5. The van der Waals surface area contributed by atoms with Crippen LogP contribution in [0, 0.1) is 39.5 Å². The molecule has 2 atom stereocenters. The summed E-state index contributed by atoms with van der Waals surface area (Å²) in [4.78, 5) is 0. The van der Waals surface area contributed by atoms with Gasteiger partial charge in [-0.25, -0.2) is 36.1 Å². The molecule has 0 aromatic carbocycles. The SMILES string of the molecule is C1=CCC2CC[CH-]C2=C1.C1=CCC2CC[CH-]C2=C1.Cl.Cl.[CH3-].[CH3-].[SiH2]=[Ti]. The van der Waals surface area contributed by atoms with Gasteiger partial charge in [-0.05, 0) is 24.7 Å². The summed E-state index contributed by atoms with van der Waals surface area (Å²) in [7, 11) is 1.86. The summed E-state index contributed by atoms with van der Waals surface area (Å²) in [6, 6.07) is 0. The summed E-state index contributed by atoms with van der Waals surface area (Å²) in [5, 5.41) is 0. The Morgan fingerprint density at radius 2 is 1.17 bits per heavy atom. The van der Waals surface area contributed by atoms with Gasteiger partial charge in [0, 0.05) is 0 Å². The number of fused-ring (bicyclic) bond motifs is 2. The van der Waals surface area contributed by atoms with Crippen molar-refractivity contribution in [1.82, 2.24) is 0 Å². The van der Waals surface area contributed by atoms with Crippen molar-refractivity contribution in [1.29, 1.82) is 0 Å². The summed E-state index contributed by atoms with van der Waals surface area (Å²) in [5.74, 6) is 1.77. The van der Waals surface area contributed by atoms with Crippen molar-refractivity contribution in [3.63, 3.8) is 0 Å². The maximum atomic E-state index is 2.37. The summed E-state index contributed by atoms with van der Waals surface area (Å²) < 4.78 is 0. The van der Waals surface area contributed by atoms with E-state index in [9.17, 15) is 0 Å². The fourth-order valence-electron chi connectivity index (χ4n) is 3.33. The summed E-state index contributed by atoms with van der Waals surface area (Å²) in [6.07, 6.45) is 26.1. The molecule has 138 valence electrons. The molecule has 0 bridgehead atoms. The fraction of sp³-hybridized carbons (Fsp3) is 0.400. The molecular formula is C20H32Cl2SiTi-4. The van der Waals surface area contributed by atoms with Gasteiger partial charge in [0.2, 0.25) is 0 Å². The number of allylic oxidation sites excluding steroid dienone is 8. The third-order valence-corrected chi connectivity index (χ3v) is 4.42. The Balaban J connectivity index is -0.000000290. The molecule has 0 radical (unpaired) electrons. The minimum absolute atomic E-state index is 0. The molecule has 4 heteroatoms. The molecule has 0 heterocycles. The topological polar surface area (TPSA) is 0 Å². The fourth-order valence-corrected chi connectivity index (χ4v) is 3.33. The minimum atomic E-state index is 0. The first-order chi connectivity index (χ1) is 9.93. The molecule has 0 nitrogen and oxygen atoms in total. The van der Waals surface area contributed by atoms with Crippen molar-refractivity contribution in [2.45, 2.75) is 38.5 Å². The summed E-state index contributed by atoms with van der Waals surface area (Å²) >= 11 is 2.03. The molecule has 0 N–H and O–H groups in total. The van der Waals surface area contributed by atoms with Crippen molar-refractivity contribution in [2.75, 3.05) is 0 Å². The second-order valence-electron chi connectivity index (χ2n) is 5.62. The van der Waals surface area contributed by atoms with Gasteiger partial charge in [-0.1, -0.05) is 12.8 Å². The maximum absolute atomic E-state index is 2.37. The zero-order chi connectivity index (χ0) is 14.2. The van der Waals surface area contributed by atoms with E-state index in [1.807, 2.05) is 26.8 Å². The van der Waals surface area contributed by atoms with E-state index in [-0.39, 0.29) is 39.7 Å². The Morgan fingerprint density at radius 1 is 0.792 bits per heavy atom. The molecule has 24 heavy (non-hydrogen) atoms. The molecule has 0 amide bonds. The van der Waals surface area contributed by atoms with E-state index >= 15 is 0 Å². The Hall–Kier alpha value is 0.211. The molecule has 2 saturated carbocycles. The van der Waals surface area contributed by atoms with E-state index in [4.69, 9.17) is 0 Å². The van der Waals surface area contributed by atoms with Crippen molar-refractivity contribution in [3.8, 4) is 0 Å². The van der Waals surface area contributed by atoms with Crippen LogP contribution in [-0.4, -0.2) is 7.63 Å². The van der Waals surface area contributed by atoms with Crippen LogP contribution in [0.25, 0.3) is 0 Å². The third-order valence-electron chi connectivity index (χ3n) is 4.42.